The second kappa shape index (κ2) is 6.53. The molecule has 0 heterocycles. The van der Waals surface area contributed by atoms with Crippen LogP contribution in [0.4, 0.5) is 4.39 Å². The van der Waals surface area contributed by atoms with Crippen LogP contribution in [0.2, 0.25) is 5.02 Å². The van der Waals surface area contributed by atoms with Gasteiger partial charge in [0.25, 0.3) is 5.91 Å². The molecule has 0 radical (unpaired) electrons. The molecule has 0 saturated carbocycles. The summed E-state index contributed by atoms with van der Waals surface area (Å²) in [5.74, 6) is -1.04. The third kappa shape index (κ3) is 3.36. The molecular formula is C16H15ClFNO. The second-order valence-electron chi connectivity index (χ2n) is 4.43. The summed E-state index contributed by atoms with van der Waals surface area (Å²) in [5.41, 5.74) is 2.16. The first-order valence-corrected chi connectivity index (χ1v) is 6.79. The van der Waals surface area contributed by atoms with Crippen molar-refractivity contribution in [3.05, 3.63) is 70.0 Å². The molecule has 0 bridgehead atoms. The average Bonchev–Trinajstić information content (AvgIpc) is 2.47. The van der Waals surface area contributed by atoms with Gasteiger partial charge in [-0.3, -0.25) is 4.79 Å². The van der Waals surface area contributed by atoms with Crippen molar-refractivity contribution in [2.24, 2.45) is 0 Å². The van der Waals surface area contributed by atoms with Gasteiger partial charge in [-0.15, -0.1) is 0 Å². The summed E-state index contributed by atoms with van der Waals surface area (Å²) in [6.45, 7) is 2.42. The van der Waals surface area contributed by atoms with Crippen LogP contribution >= 0.6 is 11.6 Å². The first-order valence-electron chi connectivity index (χ1n) is 6.42. The Bertz CT molecular complexity index is 628. The van der Waals surface area contributed by atoms with Gasteiger partial charge in [0.1, 0.15) is 5.82 Å². The Morgan fingerprint density at radius 1 is 1.20 bits per heavy atom. The van der Waals surface area contributed by atoms with E-state index in [1.807, 2.05) is 24.3 Å². The highest BCUT2D eigenvalue weighted by atomic mass is 35.5. The number of hydrogen-bond donors (Lipinski definition) is 1. The number of carbonyl (C=O) groups is 1. The summed E-state index contributed by atoms with van der Waals surface area (Å²) in [5, 5.41) is 3.06. The lowest BCUT2D eigenvalue weighted by atomic mass is 10.1. The minimum atomic E-state index is -0.573. The van der Waals surface area contributed by atoms with Crippen molar-refractivity contribution in [2.45, 2.75) is 19.9 Å². The molecule has 2 nitrogen and oxygen atoms in total. The third-order valence-corrected chi connectivity index (χ3v) is 3.35. The van der Waals surface area contributed by atoms with Gasteiger partial charge < -0.3 is 5.32 Å². The number of benzene rings is 2. The number of aryl methyl sites for hydroxylation is 1. The maximum atomic E-state index is 13.6. The number of rotatable bonds is 4. The van der Waals surface area contributed by atoms with Gasteiger partial charge in [0.05, 0.1) is 5.56 Å². The van der Waals surface area contributed by atoms with E-state index in [0.29, 0.717) is 11.6 Å². The minimum Gasteiger partial charge on any atom is -0.348 e. The predicted molar refractivity (Wildman–Crippen MR) is 78.4 cm³/mol. The molecule has 0 spiro atoms. The number of nitrogens with one attached hydrogen (secondary N) is 1. The van der Waals surface area contributed by atoms with Crippen LogP contribution in [0.5, 0.6) is 0 Å². The summed E-state index contributed by atoms with van der Waals surface area (Å²) >= 11 is 5.78. The average molecular weight is 292 g/mol. The molecule has 0 aliphatic heterocycles. The van der Waals surface area contributed by atoms with E-state index < -0.39 is 11.7 Å². The van der Waals surface area contributed by atoms with E-state index in [1.165, 1.54) is 23.8 Å². The predicted octanol–water partition coefficient (Wildman–Crippen LogP) is 3.97. The molecule has 2 aromatic carbocycles. The molecule has 104 valence electrons. The number of hydrogen-bond acceptors (Lipinski definition) is 1. The molecule has 1 N–H and O–H groups in total. The Morgan fingerprint density at radius 3 is 2.60 bits per heavy atom. The Balaban J connectivity index is 2.11. The van der Waals surface area contributed by atoms with Crippen molar-refractivity contribution >= 4 is 17.5 Å². The van der Waals surface area contributed by atoms with E-state index in [9.17, 15) is 9.18 Å². The SMILES string of the molecule is CCc1ccccc1CNC(=O)c1cc(Cl)ccc1F. The Hall–Kier alpha value is -1.87. The first-order chi connectivity index (χ1) is 9.61. The van der Waals surface area contributed by atoms with Gasteiger partial charge in [0.2, 0.25) is 0 Å². The normalized spacial score (nSPS) is 10.3. The van der Waals surface area contributed by atoms with Crippen LogP contribution < -0.4 is 5.32 Å². The first kappa shape index (κ1) is 14.5. The smallest absolute Gasteiger partial charge is 0.254 e. The van der Waals surface area contributed by atoms with Gasteiger partial charge in [-0.2, -0.15) is 0 Å². The van der Waals surface area contributed by atoms with Crippen LogP contribution in [-0.4, -0.2) is 5.91 Å². The van der Waals surface area contributed by atoms with Crippen molar-refractivity contribution in [3.8, 4) is 0 Å². The van der Waals surface area contributed by atoms with E-state index in [0.717, 1.165) is 12.0 Å². The lowest BCUT2D eigenvalue weighted by molar-refractivity contribution is 0.0947. The van der Waals surface area contributed by atoms with Crippen LogP contribution in [0.15, 0.2) is 42.5 Å². The van der Waals surface area contributed by atoms with Gasteiger partial charge in [-0.1, -0.05) is 42.8 Å². The molecule has 0 fully saturated rings. The fraction of sp³-hybridized carbons (Fsp3) is 0.188. The highest BCUT2D eigenvalue weighted by Crippen LogP contribution is 2.15. The molecule has 0 atom stereocenters. The highest BCUT2D eigenvalue weighted by molar-refractivity contribution is 6.30. The zero-order valence-electron chi connectivity index (χ0n) is 11.1. The molecule has 1 amide bonds. The zero-order valence-corrected chi connectivity index (χ0v) is 11.9. The fourth-order valence-electron chi connectivity index (χ4n) is 2.02. The molecule has 0 aromatic heterocycles. The third-order valence-electron chi connectivity index (χ3n) is 3.11. The number of halogens is 2. The Labute approximate surface area is 122 Å². The van der Waals surface area contributed by atoms with E-state index in [2.05, 4.69) is 12.2 Å². The van der Waals surface area contributed by atoms with Crippen LogP contribution in [-0.2, 0) is 13.0 Å². The molecule has 2 aromatic rings. The quantitative estimate of drug-likeness (QED) is 0.907. The van der Waals surface area contributed by atoms with Crippen molar-refractivity contribution in [3.63, 3.8) is 0 Å². The molecule has 0 aliphatic rings. The fourth-order valence-corrected chi connectivity index (χ4v) is 2.19. The maximum Gasteiger partial charge on any atom is 0.254 e. The zero-order chi connectivity index (χ0) is 14.5. The van der Waals surface area contributed by atoms with Gasteiger partial charge in [-0.25, -0.2) is 4.39 Å². The van der Waals surface area contributed by atoms with Crippen LogP contribution in [0.25, 0.3) is 0 Å². The van der Waals surface area contributed by atoms with E-state index >= 15 is 0 Å². The van der Waals surface area contributed by atoms with Crippen molar-refractivity contribution in [1.29, 1.82) is 0 Å². The Morgan fingerprint density at radius 2 is 1.90 bits per heavy atom. The van der Waals surface area contributed by atoms with Gasteiger partial charge in [-0.05, 0) is 35.7 Å². The molecule has 0 unspecified atom stereocenters. The lowest BCUT2D eigenvalue weighted by Crippen LogP contribution is -2.24. The van der Waals surface area contributed by atoms with E-state index in [4.69, 9.17) is 11.6 Å². The van der Waals surface area contributed by atoms with Crippen molar-refractivity contribution < 1.29 is 9.18 Å². The largest absolute Gasteiger partial charge is 0.348 e. The second-order valence-corrected chi connectivity index (χ2v) is 4.87. The lowest BCUT2D eigenvalue weighted by Gasteiger charge is -2.10. The van der Waals surface area contributed by atoms with Gasteiger partial charge >= 0.3 is 0 Å². The van der Waals surface area contributed by atoms with Crippen LogP contribution in [0.3, 0.4) is 0 Å². The summed E-state index contributed by atoms with van der Waals surface area (Å²) in [4.78, 5) is 12.0. The summed E-state index contributed by atoms with van der Waals surface area (Å²) < 4.78 is 13.6. The van der Waals surface area contributed by atoms with Crippen molar-refractivity contribution in [2.75, 3.05) is 0 Å². The van der Waals surface area contributed by atoms with E-state index in [1.54, 1.807) is 0 Å². The molecular weight excluding hydrogens is 277 g/mol. The number of amides is 1. The maximum absolute atomic E-state index is 13.6. The van der Waals surface area contributed by atoms with Crippen LogP contribution in [0, 0.1) is 5.82 Å². The van der Waals surface area contributed by atoms with Gasteiger partial charge in [0.15, 0.2) is 0 Å². The van der Waals surface area contributed by atoms with E-state index in [-0.39, 0.29) is 5.56 Å². The topological polar surface area (TPSA) is 29.1 Å². The summed E-state index contributed by atoms with van der Waals surface area (Å²) in [6, 6.07) is 11.8. The molecule has 2 rings (SSSR count). The molecule has 20 heavy (non-hydrogen) atoms. The standard InChI is InChI=1S/C16H15ClFNO/c1-2-11-5-3-4-6-12(11)10-19-16(20)14-9-13(17)7-8-15(14)18/h3-9H,2,10H2,1H3,(H,19,20). The minimum absolute atomic E-state index is 0.0357. The van der Waals surface area contributed by atoms with Gasteiger partial charge in [0, 0.05) is 11.6 Å². The summed E-state index contributed by atoms with van der Waals surface area (Å²) in [6.07, 6.45) is 0.886. The molecule has 0 aliphatic carbocycles. The monoisotopic (exact) mass is 291 g/mol. The highest BCUT2D eigenvalue weighted by Gasteiger charge is 2.12. The Kier molecular flexibility index (Phi) is 4.74. The van der Waals surface area contributed by atoms with Crippen LogP contribution in [0.1, 0.15) is 28.4 Å². The summed E-state index contributed by atoms with van der Waals surface area (Å²) in [7, 11) is 0. The molecule has 0 saturated heterocycles. The van der Waals surface area contributed by atoms with Crippen molar-refractivity contribution in [1.82, 2.24) is 5.32 Å². The molecule has 4 heteroatoms. The number of carbonyl (C=O) groups excluding carboxylic acids is 1.